The third kappa shape index (κ3) is 4.53. The zero-order valence-corrected chi connectivity index (χ0v) is 17.6. The molecule has 6 heteroatoms. The molecule has 0 N–H and O–H groups in total. The zero-order chi connectivity index (χ0) is 20.9. The Morgan fingerprint density at radius 2 is 1.74 bits per heavy atom. The molecule has 2 aromatic carbocycles. The average molecular weight is 414 g/mol. The van der Waals surface area contributed by atoms with Gasteiger partial charge in [0, 0.05) is 22.7 Å². The molecule has 5 rings (SSSR count). The number of para-hydroxylation sites is 1. The quantitative estimate of drug-likeness (QED) is 0.389. The number of benzene rings is 2. The number of rotatable bonds is 7. The normalized spacial score (nSPS) is 15.1. The minimum atomic E-state index is 0.615. The van der Waals surface area contributed by atoms with Gasteiger partial charge in [-0.2, -0.15) is 5.10 Å². The Morgan fingerprint density at radius 3 is 2.55 bits per heavy atom. The SMILES string of the molecule is C(=N/n1cnnc1)/c1cn(CCOc2ccc(C3CCCCC3)cc2)c2ccccc12. The van der Waals surface area contributed by atoms with Gasteiger partial charge < -0.3 is 9.30 Å². The van der Waals surface area contributed by atoms with E-state index in [2.05, 4.69) is 68.5 Å². The first-order chi connectivity index (χ1) is 15.4. The lowest BCUT2D eigenvalue weighted by molar-refractivity contribution is 0.300. The van der Waals surface area contributed by atoms with E-state index in [4.69, 9.17) is 4.74 Å². The number of hydrogen-bond acceptors (Lipinski definition) is 4. The molecule has 31 heavy (non-hydrogen) atoms. The molecule has 0 spiro atoms. The van der Waals surface area contributed by atoms with Crippen LogP contribution in [0.2, 0.25) is 0 Å². The number of ether oxygens (including phenoxy) is 1. The first kappa shape index (κ1) is 19.5. The summed E-state index contributed by atoms with van der Waals surface area (Å²) >= 11 is 0. The van der Waals surface area contributed by atoms with Crippen LogP contribution in [0.3, 0.4) is 0 Å². The molecule has 0 unspecified atom stereocenters. The molecule has 0 radical (unpaired) electrons. The van der Waals surface area contributed by atoms with E-state index in [0.717, 1.165) is 29.2 Å². The van der Waals surface area contributed by atoms with Crippen molar-refractivity contribution in [2.45, 2.75) is 44.6 Å². The van der Waals surface area contributed by atoms with E-state index in [0.29, 0.717) is 6.61 Å². The summed E-state index contributed by atoms with van der Waals surface area (Å²) in [6.07, 6.45) is 13.9. The summed E-state index contributed by atoms with van der Waals surface area (Å²) in [7, 11) is 0. The van der Waals surface area contributed by atoms with Crippen LogP contribution in [0.5, 0.6) is 5.75 Å². The van der Waals surface area contributed by atoms with E-state index < -0.39 is 0 Å². The van der Waals surface area contributed by atoms with Gasteiger partial charge in [-0.3, -0.25) is 0 Å². The summed E-state index contributed by atoms with van der Waals surface area (Å²) in [5.74, 6) is 1.66. The minimum absolute atomic E-state index is 0.615. The highest BCUT2D eigenvalue weighted by atomic mass is 16.5. The van der Waals surface area contributed by atoms with Gasteiger partial charge in [0.2, 0.25) is 0 Å². The molecule has 0 amide bonds. The van der Waals surface area contributed by atoms with Crippen molar-refractivity contribution in [3.8, 4) is 5.75 Å². The summed E-state index contributed by atoms with van der Waals surface area (Å²) in [6.45, 7) is 1.38. The molecule has 4 aromatic rings. The number of aromatic nitrogens is 4. The molecular formula is C25H27N5O. The second kappa shape index (κ2) is 9.16. The van der Waals surface area contributed by atoms with Gasteiger partial charge in [-0.15, -0.1) is 10.2 Å². The van der Waals surface area contributed by atoms with E-state index in [9.17, 15) is 0 Å². The molecule has 158 valence electrons. The van der Waals surface area contributed by atoms with Crippen molar-refractivity contribution < 1.29 is 4.74 Å². The van der Waals surface area contributed by atoms with Gasteiger partial charge in [-0.05, 0) is 42.5 Å². The maximum Gasteiger partial charge on any atom is 0.141 e. The highest BCUT2D eigenvalue weighted by Crippen LogP contribution is 2.33. The average Bonchev–Trinajstić information content (AvgIpc) is 3.47. The topological polar surface area (TPSA) is 57.2 Å². The predicted octanol–water partition coefficient (Wildman–Crippen LogP) is 5.24. The molecule has 2 aromatic heterocycles. The molecule has 0 atom stereocenters. The summed E-state index contributed by atoms with van der Waals surface area (Å²) in [5.41, 5.74) is 3.69. The highest BCUT2D eigenvalue weighted by molar-refractivity contribution is 5.99. The molecule has 1 saturated carbocycles. The van der Waals surface area contributed by atoms with Gasteiger partial charge in [0.15, 0.2) is 0 Å². The van der Waals surface area contributed by atoms with E-state index in [1.807, 2.05) is 12.3 Å². The van der Waals surface area contributed by atoms with Crippen LogP contribution in [0.15, 0.2) is 72.5 Å². The van der Waals surface area contributed by atoms with Crippen LogP contribution in [0, 0.1) is 0 Å². The molecule has 1 aliphatic carbocycles. The third-order valence-corrected chi connectivity index (χ3v) is 6.11. The number of fused-ring (bicyclic) bond motifs is 1. The summed E-state index contributed by atoms with van der Waals surface area (Å²) < 4.78 is 9.87. The van der Waals surface area contributed by atoms with Crippen LogP contribution in [-0.4, -0.2) is 32.3 Å². The van der Waals surface area contributed by atoms with Gasteiger partial charge in [0.05, 0.1) is 12.8 Å². The van der Waals surface area contributed by atoms with Crippen molar-refractivity contribution in [1.29, 1.82) is 0 Å². The largest absolute Gasteiger partial charge is 0.492 e. The maximum absolute atomic E-state index is 6.05. The van der Waals surface area contributed by atoms with E-state index in [1.165, 1.54) is 43.2 Å². The van der Waals surface area contributed by atoms with Crippen molar-refractivity contribution in [3.63, 3.8) is 0 Å². The van der Waals surface area contributed by atoms with Crippen LogP contribution in [0.25, 0.3) is 10.9 Å². The Hall–Kier alpha value is -3.41. The highest BCUT2D eigenvalue weighted by Gasteiger charge is 2.15. The lowest BCUT2D eigenvalue weighted by Gasteiger charge is -2.22. The van der Waals surface area contributed by atoms with Crippen molar-refractivity contribution in [1.82, 2.24) is 19.4 Å². The van der Waals surface area contributed by atoms with Crippen molar-refractivity contribution in [2.24, 2.45) is 5.10 Å². The fraction of sp³-hybridized carbons (Fsp3) is 0.320. The molecule has 1 fully saturated rings. The number of nitrogens with zero attached hydrogens (tertiary/aromatic N) is 5. The van der Waals surface area contributed by atoms with E-state index in [-0.39, 0.29) is 0 Å². The predicted molar refractivity (Wildman–Crippen MR) is 123 cm³/mol. The summed E-state index contributed by atoms with van der Waals surface area (Å²) in [6, 6.07) is 17.1. The maximum atomic E-state index is 6.05. The monoisotopic (exact) mass is 413 g/mol. The molecule has 0 saturated heterocycles. The van der Waals surface area contributed by atoms with Gasteiger partial charge in [-0.25, -0.2) is 4.68 Å². The Morgan fingerprint density at radius 1 is 0.968 bits per heavy atom. The lowest BCUT2D eigenvalue weighted by Crippen LogP contribution is -2.08. The second-order valence-electron chi connectivity index (χ2n) is 8.13. The fourth-order valence-corrected chi connectivity index (χ4v) is 4.48. The third-order valence-electron chi connectivity index (χ3n) is 6.11. The van der Waals surface area contributed by atoms with Gasteiger partial charge in [0.1, 0.15) is 25.0 Å². The first-order valence-electron chi connectivity index (χ1n) is 11.1. The summed E-state index contributed by atoms with van der Waals surface area (Å²) in [4.78, 5) is 0. The number of hydrogen-bond donors (Lipinski definition) is 0. The Labute approximate surface area is 182 Å². The zero-order valence-electron chi connectivity index (χ0n) is 17.6. The smallest absolute Gasteiger partial charge is 0.141 e. The fourth-order valence-electron chi connectivity index (χ4n) is 4.48. The van der Waals surface area contributed by atoms with E-state index >= 15 is 0 Å². The second-order valence-corrected chi connectivity index (χ2v) is 8.13. The van der Waals surface area contributed by atoms with Crippen molar-refractivity contribution in [3.05, 3.63) is 78.5 Å². The molecule has 0 bridgehead atoms. The van der Waals surface area contributed by atoms with Crippen molar-refractivity contribution in [2.75, 3.05) is 6.61 Å². The molecule has 1 aliphatic rings. The van der Waals surface area contributed by atoms with Crippen LogP contribution < -0.4 is 4.74 Å². The van der Waals surface area contributed by atoms with Gasteiger partial charge >= 0.3 is 0 Å². The Balaban J connectivity index is 1.24. The minimum Gasteiger partial charge on any atom is -0.492 e. The summed E-state index contributed by atoms with van der Waals surface area (Å²) in [5, 5.41) is 13.1. The first-order valence-corrected chi connectivity index (χ1v) is 11.1. The lowest BCUT2D eigenvalue weighted by atomic mass is 9.84. The van der Waals surface area contributed by atoms with Crippen LogP contribution >= 0.6 is 0 Å². The molecule has 0 aliphatic heterocycles. The van der Waals surface area contributed by atoms with Crippen LogP contribution in [0.4, 0.5) is 0 Å². The Bertz CT molecular complexity index is 1140. The molecular weight excluding hydrogens is 386 g/mol. The molecule has 6 nitrogen and oxygen atoms in total. The Kier molecular flexibility index (Phi) is 5.78. The van der Waals surface area contributed by atoms with Gasteiger partial charge in [-0.1, -0.05) is 49.6 Å². The molecule has 2 heterocycles. The standard InChI is InChI=1S/C25H27N5O/c1-2-6-20(7-3-1)21-10-12-23(13-11-21)31-15-14-29-17-22(16-28-30-18-26-27-19-30)24-8-4-5-9-25(24)29/h4-5,8-13,16-20H,1-3,6-7,14-15H2/b28-16-. The van der Waals surface area contributed by atoms with E-state index in [1.54, 1.807) is 17.3 Å². The van der Waals surface area contributed by atoms with Crippen LogP contribution in [0.1, 0.15) is 49.1 Å². The van der Waals surface area contributed by atoms with Gasteiger partial charge in [0.25, 0.3) is 0 Å². The van der Waals surface area contributed by atoms with Crippen molar-refractivity contribution >= 4 is 17.1 Å². The van der Waals surface area contributed by atoms with Crippen LogP contribution in [-0.2, 0) is 6.54 Å².